The molecule has 2 heterocycles. The first kappa shape index (κ1) is 12.8. The average molecular weight is 250 g/mol. The van der Waals surface area contributed by atoms with Crippen molar-refractivity contribution in [3.63, 3.8) is 0 Å². The van der Waals surface area contributed by atoms with Gasteiger partial charge in [-0.25, -0.2) is 9.97 Å². The number of nitrogens with one attached hydrogen (secondary N) is 2. The molecule has 0 radical (unpaired) electrons. The van der Waals surface area contributed by atoms with Gasteiger partial charge in [0.15, 0.2) is 0 Å². The van der Waals surface area contributed by atoms with Crippen LogP contribution in [0.3, 0.4) is 0 Å². The smallest absolute Gasteiger partial charge is 0.270 e. The summed E-state index contributed by atoms with van der Waals surface area (Å²) in [4.78, 5) is 20.4. The normalized spacial score (nSPS) is 22.8. The highest BCUT2D eigenvalue weighted by Crippen LogP contribution is 2.18. The van der Waals surface area contributed by atoms with Crippen LogP contribution in [0.25, 0.3) is 0 Å². The van der Waals surface area contributed by atoms with Gasteiger partial charge in [0.05, 0.1) is 12.1 Å². The number of hydrogen-bond donors (Lipinski definition) is 2. The Kier molecular flexibility index (Phi) is 3.47. The zero-order chi connectivity index (χ0) is 13.2. The van der Waals surface area contributed by atoms with E-state index in [0.717, 1.165) is 12.1 Å². The van der Waals surface area contributed by atoms with E-state index >= 15 is 0 Å². The third kappa shape index (κ3) is 2.76. The van der Waals surface area contributed by atoms with Gasteiger partial charge in [0.1, 0.15) is 5.69 Å². The number of ether oxygens (including phenoxy) is 1. The maximum atomic E-state index is 12.1. The van der Waals surface area contributed by atoms with Crippen LogP contribution in [0, 0.1) is 6.92 Å². The summed E-state index contributed by atoms with van der Waals surface area (Å²) in [5.41, 5.74) is 0.836. The van der Waals surface area contributed by atoms with Gasteiger partial charge in [-0.15, -0.1) is 0 Å². The van der Waals surface area contributed by atoms with Crippen molar-refractivity contribution in [1.82, 2.24) is 15.3 Å². The monoisotopic (exact) mass is 250 g/mol. The fraction of sp³-hybridized carbons (Fsp3) is 0.583. The number of aryl methyl sites for hydroxylation is 1. The van der Waals surface area contributed by atoms with Crippen molar-refractivity contribution in [3.05, 3.63) is 17.5 Å². The van der Waals surface area contributed by atoms with Crippen LogP contribution in [0.15, 0.2) is 6.07 Å². The van der Waals surface area contributed by atoms with Gasteiger partial charge in [-0.3, -0.25) is 4.79 Å². The molecule has 6 nitrogen and oxygen atoms in total. The minimum absolute atomic E-state index is 0.190. The molecule has 1 fully saturated rings. The maximum absolute atomic E-state index is 12.1. The summed E-state index contributed by atoms with van der Waals surface area (Å²) in [5, 5.41) is 5.81. The molecule has 18 heavy (non-hydrogen) atoms. The van der Waals surface area contributed by atoms with Gasteiger partial charge in [0.25, 0.3) is 5.91 Å². The van der Waals surface area contributed by atoms with E-state index in [1.807, 2.05) is 13.8 Å². The van der Waals surface area contributed by atoms with E-state index in [0.29, 0.717) is 24.9 Å². The molecule has 1 saturated heterocycles. The molecule has 0 saturated carbocycles. The molecule has 0 aromatic carbocycles. The molecule has 1 atom stereocenters. The molecule has 1 aromatic heterocycles. The molecule has 6 heteroatoms. The van der Waals surface area contributed by atoms with Crippen molar-refractivity contribution in [1.29, 1.82) is 0 Å². The van der Waals surface area contributed by atoms with E-state index in [-0.39, 0.29) is 11.4 Å². The van der Waals surface area contributed by atoms with Crippen molar-refractivity contribution in [2.75, 3.05) is 25.6 Å². The molecule has 0 spiro atoms. The topological polar surface area (TPSA) is 76.1 Å². The molecule has 1 aromatic rings. The largest absolute Gasteiger partial charge is 0.379 e. The van der Waals surface area contributed by atoms with Gasteiger partial charge >= 0.3 is 0 Å². The van der Waals surface area contributed by atoms with Crippen LogP contribution < -0.4 is 10.6 Å². The Bertz CT molecular complexity index is 455. The van der Waals surface area contributed by atoms with Crippen LogP contribution in [-0.2, 0) is 4.74 Å². The summed E-state index contributed by atoms with van der Waals surface area (Å²) >= 11 is 0. The summed E-state index contributed by atoms with van der Waals surface area (Å²) in [5.74, 6) is 0.262. The molecular weight excluding hydrogens is 232 g/mol. The summed E-state index contributed by atoms with van der Waals surface area (Å²) in [6.45, 7) is 5.04. The SMILES string of the molecule is CNc1nc(C)cc(C(=O)NC2(C)CCOC2)n1. The molecule has 0 aliphatic carbocycles. The quantitative estimate of drug-likeness (QED) is 0.827. The van der Waals surface area contributed by atoms with E-state index in [4.69, 9.17) is 4.74 Å². The predicted octanol–water partition coefficient (Wildman–Crippen LogP) is 0.736. The second-order valence-corrected chi connectivity index (χ2v) is 4.79. The van der Waals surface area contributed by atoms with E-state index in [9.17, 15) is 4.79 Å². The molecule has 1 aliphatic rings. The third-order valence-corrected chi connectivity index (χ3v) is 2.94. The molecule has 98 valence electrons. The maximum Gasteiger partial charge on any atom is 0.270 e. The van der Waals surface area contributed by atoms with Crippen LogP contribution in [0.2, 0.25) is 0 Å². The average Bonchev–Trinajstić information content (AvgIpc) is 2.74. The van der Waals surface area contributed by atoms with Crippen molar-refractivity contribution in [3.8, 4) is 0 Å². The van der Waals surface area contributed by atoms with Crippen LogP contribution in [0.5, 0.6) is 0 Å². The zero-order valence-electron chi connectivity index (χ0n) is 10.9. The van der Waals surface area contributed by atoms with Gasteiger partial charge in [-0.05, 0) is 26.3 Å². The van der Waals surface area contributed by atoms with Gasteiger partial charge in [-0.2, -0.15) is 0 Å². The number of rotatable bonds is 3. The first-order valence-corrected chi connectivity index (χ1v) is 5.96. The lowest BCUT2D eigenvalue weighted by Crippen LogP contribution is -2.46. The molecule has 1 amide bonds. The Morgan fingerprint density at radius 3 is 2.89 bits per heavy atom. The van der Waals surface area contributed by atoms with Crippen LogP contribution >= 0.6 is 0 Å². The van der Waals surface area contributed by atoms with E-state index in [1.165, 1.54) is 0 Å². The van der Waals surface area contributed by atoms with E-state index in [1.54, 1.807) is 13.1 Å². The fourth-order valence-electron chi connectivity index (χ4n) is 1.90. The summed E-state index contributed by atoms with van der Waals surface area (Å²) in [6, 6.07) is 1.68. The van der Waals surface area contributed by atoms with Crippen LogP contribution in [-0.4, -0.2) is 41.7 Å². The van der Waals surface area contributed by atoms with Crippen LogP contribution in [0.1, 0.15) is 29.5 Å². The highest BCUT2D eigenvalue weighted by atomic mass is 16.5. The number of anilines is 1. The Balaban J connectivity index is 2.15. The number of amides is 1. The third-order valence-electron chi connectivity index (χ3n) is 2.94. The zero-order valence-corrected chi connectivity index (χ0v) is 10.9. The van der Waals surface area contributed by atoms with Gasteiger partial charge in [0, 0.05) is 19.3 Å². The molecule has 0 bridgehead atoms. The highest BCUT2D eigenvalue weighted by molar-refractivity contribution is 5.93. The molecule has 2 N–H and O–H groups in total. The Hall–Kier alpha value is -1.69. The highest BCUT2D eigenvalue weighted by Gasteiger charge is 2.31. The van der Waals surface area contributed by atoms with Crippen LogP contribution in [0.4, 0.5) is 5.95 Å². The second-order valence-electron chi connectivity index (χ2n) is 4.79. The lowest BCUT2D eigenvalue weighted by Gasteiger charge is -2.23. The number of carbonyl (C=O) groups excluding carboxylic acids is 1. The Morgan fingerprint density at radius 1 is 1.50 bits per heavy atom. The summed E-state index contributed by atoms with van der Waals surface area (Å²) < 4.78 is 5.31. The van der Waals surface area contributed by atoms with Gasteiger partial charge in [0.2, 0.25) is 5.95 Å². The van der Waals surface area contributed by atoms with Crippen molar-refractivity contribution >= 4 is 11.9 Å². The first-order valence-electron chi connectivity index (χ1n) is 5.96. The summed E-state index contributed by atoms with van der Waals surface area (Å²) in [7, 11) is 1.72. The number of nitrogens with zero attached hydrogens (tertiary/aromatic N) is 2. The van der Waals surface area contributed by atoms with Gasteiger partial charge < -0.3 is 15.4 Å². The molecule has 1 unspecified atom stereocenters. The molecule has 2 rings (SSSR count). The number of hydrogen-bond acceptors (Lipinski definition) is 5. The summed E-state index contributed by atoms with van der Waals surface area (Å²) in [6.07, 6.45) is 0.821. The molecular formula is C12H18N4O2. The first-order chi connectivity index (χ1) is 8.52. The van der Waals surface area contributed by atoms with Crippen molar-refractivity contribution in [2.24, 2.45) is 0 Å². The Morgan fingerprint density at radius 2 is 2.28 bits per heavy atom. The van der Waals surface area contributed by atoms with Gasteiger partial charge in [-0.1, -0.05) is 0 Å². The minimum atomic E-state index is -0.296. The predicted molar refractivity (Wildman–Crippen MR) is 67.6 cm³/mol. The van der Waals surface area contributed by atoms with Crippen molar-refractivity contribution in [2.45, 2.75) is 25.8 Å². The number of aromatic nitrogens is 2. The fourth-order valence-corrected chi connectivity index (χ4v) is 1.90. The molecule has 1 aliphatic heterocycles. The van der Waals surface area contributed by atoms with E-state index in [2.05, 4.69) is 20.6 Å². The second kappa shape index (κ2) is 4.89. The number of carbonyl (C=O) groups is 1. The lowest BCUT2D eigenvalue weighted by atomic mass is 10.0. The lowest BCUT2D eigenvalue weighted by molar-refractivity contribution is 0.0884. The van der Waals surface area contributed by atoms with Crippen molar-refractivity contribution < 1.29 is 9.53 Å². The minimum Gasteiger partial charge on any atom is -0.379 e. The van der Waals surface area contributed by atoms with E-state index < -0.39 is 0 Å². The Labute approximate surface area is 106 Å². The standard InChI is InChI=1S/C12H18N4O2/c1-8-6-9(15-11(13-3)14-8)10(17)16-12(2)4-5-18-7-12/h6H,4-5,7H2,1-3H3,(H,16,17)(H,13,14,15).